The molecule has 2 N–H and O–H groups in total. The van der Waals surface area contributed by atoms with Gasteiger partial charge in [-0.3, -0.25) is 0 Å². The monoisotopic (exact) mass is 341 g/mol. The predicted molar refractivity (Wildman–Crippen MR) is 78.7 cm³/mol. The van der Waals surface area contributed by atoms with Crippen molar-refractivity contribution in [3.05, 3.63) is 63.6 Å². The molecule has 0 saturated heterocycles. The quantitative estimate of drug-likeness (QED) is 0.874. The van der Waals surface area contributed by atoms with Crippen molar-refractivity contribution in [2.24, 2.45) is 0 Å². The first-order valence-corrected chi connectivity index (χ1v) is 6.89. The molecule has 2 rings (SSSR count). The van der Waals surface area contributed by atoms with Gasteiger partial charge in [-0.25, -0.2) is 8.78 Å². The summed E-state index contributed by atoms with van der Waals surface area (Å²) in [5, 5.41) is 13.0. The summed E-state index contributed by atoms with van der Waals surface area (Å²) in [6.45, 7) is 1.98. The highest BCUT2D eigenvalue weighted by atomic mass is 79.9. The Hall–Kier alpha value is -1.46. The second-order valence-corrected chi connectivity index (χ2v) is 5.39. The van der Waals surface area contributed by atoms with E-state index in [1.54, 1.807) is 25.1 Å². The van der Waals surface area contributed by atoms with E-state index in [-0.39, 0.29) is 18.2 Å². The van der Waals surface area contributed by atoms with Crippen molar-refractivity contribution in [2.75, 3.05) is 11.9 Å². The number of aliphatic hydroxyl groups excluding tert-OH is 1. The number of anilines is 1. The Morgan fingerprint density at radius 3 is 2.70 bits per heavy atom. The Morgan fingerprint density at radius 1 is 1.25 bits per heavy atom. The van der Waals surface area contributed by atoms with Crippen molar-refractivity contribution in [3.63, 3.8) is 0 Å². The molecule has 0 aliphatic carbocycles. The molecule has 1 unspecified atom stereocenters. The summed E-state index contributed by atoms with van der Waals surface area (Å²) in [4.78, 5) is 0. The van der Waals surface area contributed by atoms with Gasteiger partial charge in [-0.05, 0) is 58.2 Å². The largest absolute Gasteiger partial charge is 0.387 e. The molecular weight excluding hydrogens is 328 g/mol. The number of nitrogens with one attached hydrogen (secondary N) is 1. The molecule has 2 nitrogen and oxygen atoms in total. The van der Waals surface area contributed by atoms with E-state index in [2.05, 4.69) is 21.2 Å². The molecule has 2 aromatic carbocycles. The first-order valence-electron chi connectivity index (χ1n) is 6.10. The summed E-state index contributed by atoms with van der Waals surface area (Å²) in [5.74, 6) is -0.721. The van der Waals surface area contributed by atoms with E-state index in [1.165, 1.54) is 18.2 Å². The van der Waals surface area contributed by atoms with E-state index in [0.717, 1.165) is 5.56 Å². The zero-order valence-corrected chi connectivity index (χ0v) is 12.4. The fourth-order valence-corrected chi connectivity index (χ4v) is 2.22. The number of aliphatic hydroxyl groups is 1. The molecule has 1 atom stereocenters. The fourth-order valence-electron chi connectivity index (χ4n) is 1.88. The van der Waals surface area contributed by atoms with Gasteiger partial charge >= 0.3 is 0 Å². The van der Waals surface area contributed by atoms with Crippen molar-refractivity contribution in [1.82, 2.24) is 0 Å². The van der Waals surface area contributed by atoms with Crippen molar-refractivity contribution in [1.29, 1.82) is 0 Å². The Bertz CT molecular complexity index is 619. The van der Waals surface area contributed by atoms with Crippen molar-refractivity contribution >= 4 is 21.6 Å². The number of hydrogen-bond acceptors (Lipinski definition) is 2. The summed E-state index contributed by atoms with van der Waals surface area (Å²) in [6, 6.07) is 8.84. The minimum Gasteiger partial charge on any atom is -0.387 e. The number of benzene rings is 2. The van der Waals surface area contributed by atoms with E-state index in [1.807, 2.05) is 0 Å². The van der Waals surface area contributed by atoms with Crippen LogP contribution >= 0.6 is 15.9 Å². The first-order chi connectivity index (χ1) is 9.47. The zero-order valence-electron chi connectivity index (χ0n) is 10.8. The standard InChI is InChI=1S/C15H14BrF2NO/c1-9-5-13(18)12(16)7-14(9)19-8-15(20)10-3-2-4-11(17)6-10/h2-7,15,19-20H,8H2,1H3. The van der Waals surface area contributed by atoms with Crippen LogP contribution in [0.2, 0.25) is 0 Å². The molecule has 0 fully saturated rings. The maximum atomic E-state index is 13.3. The minimum absolute atomic E-state index is 0.211. The molecule has 0 spiro atoms. The van der Waals surface area contributed by atoms with Gasteiger partial charge in [0.15, 0.2) is 0 Å². The van der Waals surface area contributed by atoms with Gasteiger partial charge < -0.3 is 10.4 Å². The third kappa shape index (κ3) is 3.55. The maximum absolute atomic E-state index is 13.3. The second kappa shape index (κ2) is 6.33. The Kier molecular flexibility index (Phi) is 4.73. The van der Waals surface area contributed by atoms with E-state index in [9.17, 15) is 13.9 Å². The first kappa shape index (κ1) is 14.9. The van der Waals surface area contributed by atoms with Gasteiger partial charge in [0.1, 0.15) is 11.6 Å². The molecule has 0 bridgehead atoms. The van der Waals surface area contributed by atoms with Crippen LogP contribution in [0.25, 0.3) is 0 Å². The molecule has 0 aliphatic heterocycles. The average Bonchev–Trinajstić information content (AvgIpc) is 2.41. The van der Waals surface area contributed by atoms with Crippen LogP contribution < -0.4 is 5.32 Å². The Balaban J connectivity index is 2.07. The summed E-state index contributed by atoms with van der Waals surface area (Å²) in [7, 11) is 0. The smallest absolute Gasteiger partial charge is 0.137 e. The molecule has 20 heavy (non-hydrogen) atoms. The van der Waals surface area contributed by atoms with Gasteiger partial charge in [0.25, 0.3) is 0 Å². The Morgan fingerprint density at radius 2 is 2.00 bits per heavy atom. The lowest BCUT2D eigenvalue weighted by molar-refractivity contribution is 0.191. The van der Waals surface area contributed by atoms with Gasteiger partial charge in [-0.1, -0.05) is 12.1 Å². The van der Waals surface area contributed by atoms with Crippen LogP contribution in [0.3, 0.4) is 0 Å². The average molecular weight is 342 g/mol. The van der Waals surface area contributed by atoms with Gasteiger partial charge in [0.05, 0.1) is 10.6 Å². The number of rotatable bonds is 4. The molecule has 0 radical (unpaired) electrons. The molecule has 106 valence electrons. The van der Waals surface area contributed by atoms with Crippen molar-refractivity contribution in [2.45, 2.75) is 13.0 Å². The molecular formula is C15H14BrF2NO. The summed E-state index contributed by atoms with van der Waals surface area (Å²) in [5.41, 5.74) is 1.95. The highest BCUT2D eigenvalue weighted by molar-refractivity contribution is 9.10. The van der Waals surface area contributed by atoms with Gasteiger partial charge in [0.2, 0.25) is 0 Å². The zero-order chi connectivity index (χ0) is 14.7. The minimum atomic E-state index is -0.839. The molecule has 0 aromatic heterocycles. The predicted octanol–water partition coefficient (Wildman–Crippen LogP) is 4.18. The molecule has 0 amide bonds. The normalized spacial score (nSPS) is 12.2. The van der Waals surface area contributed by atoms with Crippen molar-refractivity contribution < 1.29 is 13.9 Å². The van der Waals surface area contributed by atoms with Gasteiger partial charge in [0, 0.05) is 12.2 Å². The van der Waals surface area contributed by atoms with E-state index in [0.29, 0.717) is 15.7 Å². The second-order valence-electron chi connectivity index (χ2n) is 4.53. The van der Waals surface area contributed by atoms with E-state index < -0.39 is 6.10 Å². The number of halogens is 3. The summed E-state index contributed by atoms with van der Waals surface area (Å²) < 4.78 is 26.7. The van der Waals surface area contributed by atoms with E-state index in [4.69, 9.17) is 0 Å². The third-order valence-corrected chi connectivity index (χ3v) is 3.59. The third-order valence-electron chi connectivity index (χ3n) is 2.99. The van der Waals surface area contributed by atoms with Gasteiger partial charge in [-0.2, -0.15) is 0 Å². The highest BCUT2D eigenvalue weighted by Gasteiger charge is 2.10. The molecule has 0 heterocycles. The highest BCUT2D eigenvalue weighted by Crippen LogP contribution is 2.25. The molecule has 0 aliphatic rings. The molecule has 2 aromatic rings. The molecule has 5 heteroatoms. The number of hydrogen-bond donors (Lipinski definition) is 2. The maximum Gasteiger partial charge on any atom is 0.137 e. The van der Waals surface area contributed by atoms with Crippen LogP contribution in [0.5, 0.6) is 0 Å². The summed E-state index contributed by atoms with van der Waals surface area (Å²) >= 11 is 3.11. The number of aryl methyl sites for hydroxylation is 1. The summed E-state index contributed by atoms with van der Waals surface area (Å²) in [6.07, 6.45) is -0.839. The lowest BCUT2D eigenvalue weighted by Crippen LogP contribution is -2.13. The molecule has 0 saturated carbocycles. The van der Waals surface area contributed by atoms with E-state index >= 15 is 0 Å². The van der Waals surface area contributed by atoms with Crippen molar-refractivity contribution in [3.8, 4) is 0 Å². The van der Waals surface area contributed by atoms with Crippen LogP contribution in [0.4, 0.5) is 14.5 Å². The fraction of sp³-hybridized carbons (Fsp3) is 0.200. The van der Waals surface area contributed by atoms with Crippen LogP contribution in [0.15, 0.2) is 40.9 Å². The topological polar surface area (TPSA) is 32.3 Å². The van der Waals surface area contributed by atoms with Crippen LogP contribution in [-0.4, -0.2) is 11.7 Å². The lowest BCUT2D eigenvalue weighted by atomic mass is 10.1. The van der Waals surface area contributed by atoms with Crippen LogP contribution in [-0.2, 0) is 0 Å². The van der Waals surface area contributed by atoms with Crippen LogP contribution in [0, 0.1) is 18.6 Å². The lowest BCUT2D eigenvalue weighted by Gasteiger charge is -2.15. The Labute approximate surface area is 124 Å². The SMILES string of the molecule is Cc1cc(F)c(Br)cc1NCC(O)c1cccc(F)c1. The van der Waals surface area contributed by atoms with Gasteiger partial charge in [-0.15, -0.1) is 0 Å². The van der Waals surface area contributed by atoms with Crippen LogP contribution in [0.1, 0.15) is 17.2 Å².